The standard InChI is InChI=1S/C16H16ClN5O/c1-11-15(8-18-21(11)2)16(23)20-14-7-19-22(10-14)9-12-4-3-5-13(17)6-12/h3-8,10H,9H2,1-2H3,(H,20,23). The molecule has 3 aromatic rings. The van der Waals surface area contributed by atoms with E-state index in [0.29, 0.717) is 22.8 Å². The van der Waals surface area contributed by atoms with Gasteiger partial charge in [-0.05, 0) is 24.6 Å². The lowest BCUT2D eigenvalue weighted by atomic mass is 10.2. The molecule has 1 aromatic carbocycles. The summed E-state index contributed by atoms with van der Waals surface area (Å²) in [6.45, 7) is 2.44. The van der Waals surface area contributed by atoms with Crippen LogP contribution in [0.4, 0.5) is 5.69 Å². The number of rotatable bonds is 4. The zero-order valence-corrected chi connectivity index (χ0v) is 13.6. The predicted octanol–water partition coefficient (Wildman–Crippen LogP) is 2.88. The molecule has 1 amide bonds. The van der Waals surface area contributed by atoms with Crippen molar-refractivity contribution in [2.75, 3.05) is 5.32 Å². The molecule has 0 aliphatic heterocycles. The first-order chi connectivity index (χ1) is 11.0. The van der Waals surface area contributed by atoms with Crippen LogP contribution in [-0.2, 0) is 13.6 Å². The molecule has 0 aliphatic carbocycles. The molecule has 0 fully saturated rings. The quantitative estimate of drug-likeness (QED) is 0.800. The van der Waals surface area contributed by atoms with Gasteiger partial charge in [0.1, 0.15) is 0 Å². The number of nitrogens with zero attached hydrogens (tertiary/aromatic N) is 4. The maximum Gasteiger partial charge on any atom is 0.259 e. The summed E-state index contributed by atoms with van der Waals surface area (Å²) in [6.07, 6.45) is 4.96. The summed E-state index contributed by atoms with van der Waals surface area (Å²) in [5.74, 6) is -0.196. The lowest BCUT2D eigenvalue weighted by Crippen LogP contribution is -2.12. The van der Waals surface area contributed by atoms with Crippen LogP contribution >= 0.6 is 11.6 Å². The van der Waals surface area contributed by atoms with E-state index in [1.165, 1.54) is 0 Å². The Morgan fingerprint density at radius 2 is 2.13 bits per heavy atom. The fourth-order valence-electron chi connectivity index (χ4n) is 2.26. The van der Waals surface area contributed by atoms with Crippen LogP contribution in [0.25, 0.3) is 0 Å². The van der Waals surface area contributed by atoms with Crippen molar-refractivity contribution in [1.82, 2.24) is 19.6 Å². The van der Waals surface area contributed by atoms with Crippen molar-refractivity contribution in [2.24, 2.45) is 7.05 Å². The largest absolute Gasteiger partial charge is 0.319 e. The molecular formula is C16H16ClN5O. The molecule has 7 heteroatoms. The molecule has 0 radical (unpaired) electrons. The summed E-state index contributed by atoms with van der Waals surface area (Å²) in [4.78, 5) is 12.2. The number of aromatic nitrogens is 4. The Hall–Kier alpha value is -2.60. The second-order valence-corrected chi connectivity index (χ2v) is 5.71. The zero-order chi connectivity index (χ0) is 16.4. The van der Waals surface area contributed by atoms with Crippen molar-refractivity contribution in [3.63, 3.8) is 0 Å². The number of anilines is 1. The summed E-state index contributed by atoms with van der Waals surface area (Å²) >= 11 is 5.98. The maximum absolute atomic E-state index is 12.2. The van der Waals surface area contributed by atoms with Gasteiger partial charge in [0.05, 0.1) is 30.2 Å². The van der Waals surface area contributed by atoms with Crippen LogP contribution in [-0.4, -0.2) is 25.5 Å². The first-order valence-corrected chi connectivity index (χ1v) is 7.47. The van der Waals surface area contributed by atoms with E-state index in [1.54, 1.807) is 35.0 Å². The predicted molar refractivity (Wildman–Crippen MR) is 88.7 cm³/mol. The molecule has 0 saturated heterocycles. The van der Waals surface area contributed by atoms with Crippen LogP contribution < -0.4 is 5.32 Å². The Bertz CT molecular complexity index is 852. The molecule has 2 aromatic heterocycles. The molecule has 0 aliphatic rings. The van der Waals surface area contributed by atoms with Crippen molar-refractivity contribution in [2.45, 2.75) is 13.5 Å². The van der Waals surface area contributed by atoms with E-state index < -0.39 is 0 Å². The van der Waals surface area contributed by atoms with E-state index in [-0.39, 0.29) is 5.91 Å². The van der Waals surface area contributed by atoms with Crippen LogP contribution in [0, 0.1) is 6.92 Å². The highest BCUT2D eigenvalue weighted by Crippen LogP contribution is 2.14. The molecule has 1 N–H and O–H groups in total. The minimum Gasteiger partial charge on any atom is -0.319 e. The van der Waals surface area contributed by atoms with Crippen molar-refractivity contribution in [3.8, 4) is 0 Å². The van der Waals surface area contributed by atoms with Gasteiger partial charge in [-0.15, -0.1) is 0 Å². The third-order valence-corrected chi connectivity index (χ3v) is 3.84. The lowest BCUT2D eigenvalue weighted by Gasteiger charge is -2.03. The highest BCUT2D eigenvalue weighted by Gasteiger charge is 2.13. The number of hydrogen-bond donors (Lipinski definition) is 1. The minimum absolute atomic E-state index is 0.196. The highest BCUT2D eigenvalue weighted by molar-refractivity contribution is 6.30. The average molecular weight is 330 g/mol. The third-order valence-electron chi connectivity index (χ3n) is 3.60. The summed E-state index contributed by atoms with van der Waals surface area (Å²) < 4.78 is 3.41. The van der Waals surface area contributed by atoms with E-state index in [1.807, 2.05) is 31.2 Å². The van der Waals surface area contributed by atoms with Crippen molar-refractivity contribution in [1.29, 1.82) is 0 Å². The third kappa shape index (κ3) is 3.43. The molecule has 0 spiro atoms. The molecule has 0 bridgehead atoms. The van der Waals surface area contributed by atoms with Gasteiger partial charge in [-0.1, -0.05) is 23.7 Å². The lowest BCUT2D eigenvalue weighted by molar-refractivity contribution is 0.102. The zero-order valence-electron chi connectivity index (χ0n) is 12.8. The summed E-state index contributed by atoms with van der Waals surface area (Å²) in [6, 6.07) is 7.59. The first-order valence-electron chi connectivity index (χ1n) is 7.10. The summed E-state index contributed by atoms with van der Waals surface area (Å²) in [5.41, 5.74) is 3.05. The van der Waals surface area contributed by atoms with Crippen molar-refractivity contribution >= 4 is 23.2 Å². The van der Waals surface area contributed by atoms with Crippen molar-refractivity contribution in [3.05, 3.63) is 64.7 Å². The molecule has 0 unspecified atom stereocenters. The fraction of sp³-hybridized carbons (Fsp3) is 0.188. The summed E-state index contributed by atoms with van der Waals surface area (Å²) in [7, 11) is 1.80. The van der Waals surface area contributed by atoms with E-state index in [0.717, 1.165) is 11.3 Å². The van der Waals surface area contributed by atoms with E-state index >= 15 is 0 Å². The molecule has 0 saturated carbocycles. The van der Waals surface area contributed by atoms with Gasteiger partial charge in [0.2, 0.25) is 0 Å². The van der Waals surface area contributed by atoms with Gasteiger partial charge in [0.15, 0.2) is 0 Å². The Kier molecular flexibility index (Phi) is 4.16. The van der Waals surface area contributed by atoms with Crippen LogP contribution in [0.5, 0.6) is 0 Å². The Balaban J connectivity index is 1.70. The minimum atomic E-state index is -0.196. The van der Waals surface area contributed by atoms with E-state index in [4.69, 9.17) is 11.6 Å². The monoisotopic (exact) mass is 329 g/mol. The number of carbonyl (C=O) groups excluding carboxylic acids is 1. The number of hydrogen-bond acceptors (Lipinski definition) is 3. The average Bonchev–Trinajstić information content (AvgIpc) is 3.07. The topological polar surface area (TPSA) is 64.7 Å². The van der Waals surface area contributed by atoms with Crippen molar-refractivity contribution < 1.29 is 4.79 Å². The molecular weight excluding hydrogens is 314 g/mol. The number of nitrogens with one attached hydrogen (secondary N) is 1. The van der Waals surface area contributed by atoms with E-state index in [9.17, 15) is 4.79 Å². The van der Waals surface area contributed by atoms with Crippen LogP contribution in [0.15, 0.2) is 42.9 Å². The van der Waals surface area contributed by atoms with Crippen LogP contribution in [0.3, 0.4) is 0 Å². The second-order valence-electron chi connectivity index (χ2n) is 5.28. The van der Waals surface area contributed by atoms with E-state index in [2.05, 4.69) is 15.5 Å². The Morgan fingerprint density at radius 1 is 1.30 bits per heavy atom. The van der Waals surface area contributed by atoms with Gasteiger partial charge in [-0.3, -0.25) is 14.2 Å². The highest BCUT2D eigenvalue weighted by atomic mass is 35.5. The van der Waals surface area contributed by atoms with Gasteiger partial charge < -0.3 is 5.32 Å². The molecule has 23 heavy (non-hydrogen) atoms. The molecule has 6 nitrogen and oxygen atoms in total. The van der Waals surface area contributed by atoms with Crippen LogP contribution in [0.2, 0.25) is 5.02 Å². The van der Waals surface area contributed by atoms with Gasteiger partial charge in [-0.25, -0.2) is 0 Å². The molecule has 0 atom stereocenters. The van der Waals surface area contributed by atoms with Gasteiger partial charge >= 0.3 is 0 Å². The van der Waals surface area contributed by atoms with Gasteiger partial charge in [0.25, 0.3) is 5.91 Å². The first kappa shape index (κ1) is 15.3. The van der Waals surface area contributed by atoms with Gasteiger partial charge in [0, 0.05) is 24.0 Å². The summed E-state index contributed by atoms with van der Waals surface area (Å²) in [5, 5.41) is 11.8. The van der Waals surface area contributed by atoms with Gasteiger partial charge in [-0.2, -0.15) is 10.2 Å². The van der Waals surface area contributed by atoms with Crippen LogP contribution in [0.1, 0.15) is 21.6 Å². The fourth-order valence-corrected chi connectivity index (χ4v) is 2.47. The number of benzene rings is 1. The SMILES string of the molecule is Cc1c(C(=O)Nc2cnn(Cc3cccc(Cl)c3)c2)cnn1C. The number of halogens is 1. The molecule has 2 heterocycles. The normalized spacial score (nSPS) is 10.7. The smallest absolute Gasteiger partial charge is 0.259 e. The number of amides is 1. The Labute approximate surface area is 138 Å². The molecule has 118 valence electrons. The second kappa shape index (κ2) is 6.26. The number of aryl methyl sites for hydroxylation is 1. The Morgan fingerprint density at radius 3 is 2.83 bits per heavy atom. The molecule has 3 rings (SSSR count). The maximum atomic E-state index is 12.2. The number of carbonyl (C=O) groups is 1.